The monoisotopic (exact) mass is 610 g/mol. The molecule has 0 radical (unpaired) electrons. The van der Waals surface area contributed by atoms with E-state index in [9.17, 15) is 9.59 Å². The van der Waals surface area contributed by atoms with Gasteiger partial charge in [0.2, 0.25) is 0 Å². The number of rotatable bonds is 7. The molecule has 0 saturated heterocycles. The molecule has 2 atom stereocenters. The first-order chi connectivity index (χ1) is 20.1. The van der Waals surface area contributed by atoms with Crippen molar-refractivity contribution in [2.24, 2.45) is 5.92 Å². The van der Waals surface area contributed by atoms with Gasteiger partial charge in [0.15, 0.2) is 0 Å². The zero-order valence-corrected chi connectivity index (χ0v) is 26.2. The number of imide groups is 1. The summed E-state index contributed by atoms with van der Waals surface area (Å²) < 4.78 is 0. The number of fused-ring (bicyclic) bond motifs is 3. The molecule has 0 saturated carbocycles. The molecular formula is C35H38N4O2S2. The predicted octanol–water partition coefficient (Wildman–Crippen LogP) is 6.18. The molecule has 0 spiro atoms. The average molecular weight is 611 g/mol. The minimum atomic E-state index is -0.215. The summed E-state index contributed by atoms with van der Waals surface area (Å²) in [6, 6.07) is 24.4. The van der Waals surface area contributed by atoms with Gasteiger partial charge >= 0.3 is 0 Å². The summed E-state index contributed by atoms with van der Waals surface area (Å²) in [6.45, 7) is 2.12. The fraction of sp³-hybridized carbons (Fsp3) is 0.314. The van der Waals surface area contributed by atoms with E-state index in [1.165, 1.54) is 45.8 Å². The largest absolute Gasteiger partial charge is 0.290 e. The van der Waals surface area contributed by atoms with E-state index in [4.69, 9.17) is 9.97 Å². The minimum absolute atomic E-state index is 0. The predicted molar refractivity (Wildman–Crippen MR) is 178 cm³/mol. The van der Waals surface area contributed by atoms with Crippen molar-refractivity contribution >= 4 is 38.8 Å². The van der Waals surface area contributed by atoms with Crippen molar-refractivity contribution in [2.45, 2.75) is 57.7 Å². The molecule has 0 bridgehead atoms. The van der Waals surface area contributed by atoms with Gasteiger partial charge in [0, 0.05) is 31.2 Å². The first kappa shape index (κ1) is 31.0. The van der Waals surface area contributed by atoms with Gasteiger partial charge in [-0.2, -0.15) is 27.0 Å². The van der Waals surface area contributed by atoms with Crippen molar-refractivity contribution < 1.29 is 9.59 Å². The number of amides is 2. The van der Waals surface area contributed by atoms with Gasteiger partial charge < -0.3 is 0 Å². The molecule has 43 heavy (non-hydrogen) atoms. The molecule has 3 heterocycles. The van der Waals surface area contributed by atoms with Crippen LogP contribution in [0.15, 0.2) is 85.2 Å². The normalized spacial score (nSPS) is 18.8. The van der Waals surface area contributed by atoms with Crippen molar-refractivity contribution in [3.05, 3.63) is 130 Å². The highest BCUT2D eigenvalue weighted by Crippen LogP contribution is 2.36. The summed E-state index contributed by atoms with van der Waals surface area (Å²) in [5, 5.41) is 0. The standard InChI is InChI=1S/C35H34N4O2.2H2S/c40-34-29-9-1-2-10-30(29)35(41)39(34)23-25-14-12-24(13-15-25)21-38(32-11-3-6-28-8-5-19-37-33(28)32)22-26-16-17-27-7-4-18-36-31(27)20-26;;/h1-2,4-5,7-10,12-15,18-19,26,32H,3,6,11,16-17,20-23H2;2*1H2/t26-,32-;;/m0../s1. The number of aromatic nitrogens is 2. The Bertz CT molecular complexity index is 1570. The van der Waals surface area contributed by atoms with E-state index < -0.39 is 0 Å². The number of aryl methyl sites for hydroxylation is 2. The van der Waals surface area contributed by atoms with E-state index in [2.05, 4.69) is 47.4 Å². The van der Waals surface area contributed by atoms with Gasteiger partial charge in [-0.25, -0.2) is 0 Å². The highest BCUT2D eigenvalue weighted by atomic mass is 32.1. The number of nitrogens with zero attached hydrogens (tertiary/aromatic N) is 4. The van der Waals surface area contributed by atoms with Gasteiger partial charge in [-0.05, 0) is 91.0 Å². The molecule has 0 unspecified atom stereocenters. The maximum absolute atomic E-state index is 12.9. The highest BCUT2D eigenvalue weighted by molar-refractivity contribution is 7.59. The zero-order chi connectivity index (χ0) is 27.8. The Labute approximate surface area is 267 Å². The molecule has 4 aromatic rings. The fourth-order valence-corrected chi connectivity index (χ4v) is 6.90. The van der Waals surface area contributed by atoms with Crippen LogP contribution in [0.2, 0.25) is 0 Å². The van der Waals surface area contributed by atoms with E-state index in [1.54, 1.807) is 24.3 Å². The van der Waals surface area contributed by atoms with Crippen LogP contribution in [0.4, 0.5) is 0 Å². The lowest BCUT2D eigenvalue weighted by Crippen LogP contribution is -2.37. The number of carbonyl (C=O) groups is 2. The molecule has 1 aliphatic heterocycles. The smallest absolute Gasteiger partial charge is 0.261 e. The van der Waals surface area contributed by atoms with Crippen molar-refractivity contribution in [3.63, 3.8) is 0 Å². The Morgan fingerprint density at radius 2 is 1.42 bits per heavy atom. The third kappa shape index (κ3) is 6.28. The lowest BCUT2D eigenvalue weighted by Gasteiger charge is -2.38. The van der Waals surface area contributed by atoms with Crippen LogP contribution in [0.5, 0.6) is 0 Å². The van der Waals surface area contributed by atoms with E-state index in [0.29, 0.717) is 23.1 Å². The summed E-state index contributed by atoms with van der Waals surface area (Å²) in [5.74, 6) is 0.125. The number of benzene rings is 2. The quantitative estimate of drug-likeness (QED) is 0.234. The summed E-state index contributed by atoms with van der Waals surface area (Å²) in [6.07, 6.45) is 10.5. The topological polar surface area (TPSA) is 66.4 Å². The number of carbonyl (C=O) groups excluding carboxylic acids is 2. The van der Waals surface area contributed by atoms with Crippen LogP contribution in [0.25, 0.3) is 0 Å². The molecule has 0 fully saturated rings. The summed E-state index contributed by atoms with van der Waals surface area (Å²) in [7, 11) is 0. The van der Waals surface area contributed by atoms with Crippen LogP contribution in [-0.4, -0.2) is 38.1 Å². The van der Waals surface area contributed by atoms with Crippen molar-refractivity contribution in [1.82, 2.24) is 19.8 Å². The van der Waals surface area contributed by atoms with Crippen molar-refractivity contribution in [1.29, 1.82) is 0 Å². The molecule has 6 nitrogen and oxygen atoms in total. The molecule has 0 N–H and O–H groups in total. The Hall–Kier alpha value is -3.46. The van der Waals surface area contributed by atoms with E-state index >= 15 is 0 Å². The van der Waals surface area contributed by atoms with Crippen LogP contribution >= 0.6 is 27.0 Å². The number of hydrogen-bond acceptors (Lipinski definition) is 5. The molecule has 8 heteroatoms. The van der Waals surface area contributed by atoms with E-state index in [1.807, 2.05) is 18.5 Å². The Morgan fingerprint density at radius 1 is 0.744 bits per heavy atom. The molecule has 222 valence electrons. The number of pyridine rings is 2. The molecule has 2 aliphatic carbocycles. The number of hydrogen-bond donors (Lipinski definition) is 0. The fourth-order valence-electron chi connectivity index (χ4n) is 6.90. The Kier molecular flexibility index (Phi) is 9.69. The summed E-state index contributed by atoms with van der Waals surface area (Å²) >= 11 is 0. The van der Waals surface area contributed by atoms with Crippen LogP contribution in [0.1, 0.15) is 79.7 Å². The van der Waals surface area contributed by atoms with Crippen molar-refractivity contribution in [3.8, 4) is 0 Å². The zero-order valence-electron chi connectivity index (χ0n) is 24.2. The maximum Gasteiger partial charge on any atom is 0.261 e. The Balaban J connectivity index is 0.00000184. The third-order valence-electron chi connectivity index (χ3n) is 9.01. The maximum atomic E-state index is 12.9. The van der Waals surface area contributed by atoms with Gasteiger partial charge in [0.05, 0.1) is 29.4 Å². The lowest BCUT2D eigenvalue weighted by molar-refractivity contribution is 0.0642. The van der Waals surface area contributed by atoms with E-state index in [0.717, 1.165) is 44.3 Å². The average Bonchev–Trinajstić information content (AvgIpc) is 3.26. The second-order valence-corrected chi connectivity index (χ2v) is 11.7. The van der Waals surface area contributed by atoms with Gasteiger partial charge in [0.25, 0.3) is 11.8 Å². The molecule has 2 aromatic heterocycles. The Morgan fingerprint density at radius 3 is 2.16 bits per heavy atom. The van der Waals surface area contributed by atoms with Gasteiger partial charge in [-0.1, -0.05) is 48.5 Å². The van der Waals surface area contributed by atoms with Crippen LogP contribution in [0.3, 0.4) is 0 Å². The molecule has 2 aromatic carbocycles. The second kappa shape index (κ2) is 13.5. The molecule has 7 rings (SSSR count). The van der Waals surface area contributed by atoms with E-state index in [-0.39, 0.29) is 45.4 Å². The highest BCUT2D eigenvalue weighted by Gasteiger charge is 2.35. The summed E-state index contributed by atoms with van der Waals surface area (Å²) in [4.78, 5) is 39.3. The van der Waals surface area contributed by atoms with Crippen LogP contribution in [0, 0.1) is 5.92 Å². The molecule has 2 amide bonds. The van der Waals surface area contributed by atoms with Crippen LogP contribution in [-0.2, 0) is 32.4 Å². The molecule has 3 aliphatic rings. The van der Waals surface area contributed by atoms with Crippen molar-refractivity contribution in [2.75, 3.05) is 6.54 Å². The van der Waals surface area contributed by atoms with Gasteiger partial charge in [-0.15, -0.1) is 0 Å². The molecular weight excluding hydrogens is 573 g/mol. The first-order valence-electron chi connectivity index (χ1n) is 14.8. The SMILES string of the molecule is O=C1c2ccccc2C(=O)N1Cc1ccc(CN(C[C@H]2CCc3cccnc3C2)[C@H]2CCCc3cccnc32)cc1.S.S. The minimum Gasteiger partial charge on any atom is -0.290 e. The van der Waals surface area contributed by atoms with Gasteiger partial charge in [0.1, 0.15) is 0 Å². The first-order valence-corrected chi connectivity index (χ1v) is 14.8. The van der Waals surface area contributed by atoms with Crippen LogP contribution < -0.4 is 0 Å². The van der Waals surface area contributed by atoms with Gasteiger partial charge in [-0.3, -0.25) is 29.4 Å². The lowest BCUT2D eigenvalue weighted by atomic mass is 9.85. The third-order valence-corrected chi connectivity index (χ3v) is 9.01. The summed E-state index contributed by atoms with van der Waals surface area (Å²) in [5.41, 5.74) is 8.43. The second-order valence-electron chi connectivity index (χ2n) is 11.7.